The number of rotatable bonds is 24. The molecule has 196 valence electrons. The van der Waals surface area contributed by atoms with Gasteiger partial charge in [0.05, 0.1) is 0 Å². The smallest absolute Gasteiger partial charge is 0.334 e. The normalized spacial score (nSPS) is 13.0. The van der Waals surface area contributed by atoms with Gasteiger partial charge in [0.2, 0.25) is 0 Å². The van der Waals surface area contributed by atoms with Crippen molar-refractivity contribution in [3.05, 3.63) is 0 Å². The van der Waals surface area contributed by atoms with E-state index in [1.807, 2.05) is 0 Å². The first-order chi connectivity index (χ1) is 16.0. The molecule has 0 aromatic carbocycles. The zero-order valence-electron chi connectivity index (χ0n) is 21.5. The number of carbonyl (C=O) groups is 2. The molecule has 2 atom stereocenters. The molecule has 0 fully saturated rings. The average Bonchev–Trinajstić information content (AvgIpc) is 2.80. The Labute approximate surface area is 202 Å². The molecule has 2 unspecified atom stereocenters. The summed E-state index contributed by atoms with van der Waals surface area (Å²) in [7, 11) is 0. The van der Waals surface area contributed by atoms with Crippen LogP contribution in [-0.2, 0) is 19.1 Å². The standard InChI is InChI=1S/C27H52O6/c1-3-4-5-6-7-8-9-10-11-12-13-14-15-16-17-18-19-20-21-26(30)32-22-25(29)23-33-27(31)24(2)28/h24-25,28-29H,3-23H2,1-2H3. The van der Waals surface area contributed by atoms with E-state index in [1.54, 1.807) is 0 Å². The molecule has 0 saturated carbocycles. The maximum Gasteiger partial charge on any atom is 0.334 e. The lowest BCUT2D eigenvalue weighted by Gasteiger charge is -2.12. The van der Waals surface area contributed by atoms with E-state index in [0.29, 0.717) is 6.42 Å². The van der Waals surface area contributed by atoms with Crippen molar-refractivity contribution in [1.29, 1.82) is 0 Å². The number of aliphatic hydroxyl groups excluding tert-OH is 2. The predicted molar refractivity (Wildman–Crippen MR) is 133 cm³/mol. The third-order valence-corrected chi connectivity index (χ3v) is 5.93. The van der Waals surface area contributed by atoms with Crippen molar-refractivity contribution in [2.75, 3.05) is 13.2 Å². The highest BCUT2D eigenvalue weighted by Crippen LogP contribution is 2.14. The summed E-state index contributed by atoms with van der Waals surface area (Å²) in [6.45, 7) is 3.06. The van der Waals surface area contributed by atoms with Gasteiger partial charge in [0.15, 0.2) is 0 Å². The molecule has 0 radical (unpaired) electrons. The van der Waals surface area contributed by atoms with E-state index in [4.69, 9.17) is 9.84 Å². The SMILES string of the molecule is CCCCCCCCCCCCCCCCCCCCC(=O)OCC(O)COC(=O)C(C)O. The lowest BCUT2D eigenvalue weighted by Crippen LogP contribution is -2.28. The summed E-state index contributed by atoms with van der Waals surface area (Å²) in [4.78, 5) is 22.8. The van der Waals surface area contributed by atoms with Crippen LogP contribution < -0.4 is 0 Å². The van der Waals surface area contributed by atoms with Crippen molar-refractivity contribution in [2.45, 2.75) is 148 Å². The van der Waals surface area contributed by atoms with Gasteiger partial charge in [0.1, 0.15) is 25.4 Å². The third-order valence-electron chi connectivity index (χ3n) is 5.93. The van der Waals surface area contributed by atoms with Crippen molar-refractivity contribution >= 4 is 11.9 Å². The molecule has 0 rings (SSSR count). The molecule has 33 heavy (non-hydrogen) atoms. The van der Waals surface area contributed by atoms with E-state index in [1.165, 1.54) is 103 Å². The highest BCUT2D eigenvalue weighted by atomic mass is 16.6. The Balaban J connectivity index is 3.28. The highest BCUT2D eigenvalue weighted by molar-refractivity contribution is 5.73. The van der Waals surface area contributed by atoms with Crippen LogP contribution in [0.25, 0.3) is 0 Å². The van der Waals surface area contributed by atoms with Crippen molar-refractivity contribution < 1.29 is 29.3 Å². The summed E-state index contributed by atoms with van der Waals surface area (Å²) in [5.41, 5.74) is 0. The number of ether oxygens (including phenoxy) is 2. The summed E-state index contributed by atoms with van der Waals surface area (Å²) in [5, 5.41) is 18.6. The van der Waals surface area contributed by atoms with E-state index in [-0.39, 0.29) is 19.2 Å². The van der Waals surface area contributed by atoms with Gasteiger partial charge in [0, 0.05) is 6.42 Å². The Bertz CT molecular complexity index is 452. The summed E-state index contributed by atoms with van der Waals surface area (Å²) in [6.07, 6.45) is 21.6. The summed E-state index contributed by atoms with van der Waals surface area (Å²) >= 11 is 0. The molecule has 0 amide bonds. The molecule has 0 aromatic rings. The number of unbranched alkanes of at least 4 members (excludes halogenated alkanes) is 17. The van der Waals surface area contributed by atoms with Crippen LogP contribution in [0.15, 0.2) is 0 Å². The Morgan fingerprint density at radius 2 is 0.970 bits per heavy atom. The number of hydrogen-bond donors (Lipinski definition) is 2. The van der Waals surface area contributed by atoms with Crippen LogP contribution in [0, 0.1) is 0 Å². The quantitative estimate of drug-likeness (QED) is 0.127. The zero-order valence-corrected chi connectivity index (χ0v) is 21.5. The van der Waals surface area contributed by atoms with E-state index in [0.717, 1.165) is 19.3 Å². The largest absolute Gasteiger partial charge is 0.463 e. The Hall–Kier alpha value is -1.14. The second-order valence-corrected chi connectivity index (χ2v) is 9.40. The molecule has 0 heterocycles. The second kappa shape index (κ2) is 24.0. The van der Waals surface area contributed by atoms with E-state index in [9.17, 15) is 14.7 Å². The zero-order chi connectivity index (χ0) is 24.6. The van der Waals surface area contributed by atoms with Crippen molar-refractivity contribution in [3.8, 4) is 0 Å². The Morgan fingerprint density at radius 1 is 0.606 bits per heavy atom. The van der Waals surface area contributed by atoms with Gasteiger partial charge in [-0.2, -0.15) is 0 Å². The minimum Gasteiger partial charge on any atom is -0.463 e. The summed E-state index contributed by atoms with van der Waals surface area (Å²) in [5.74, 6) is -1.15. The molecular formula is C27H52O6. The van der Waals surface area contributed by atoms with Gasteiger partial charge in [-0.1, -0.05) is 116 Å². The van der Waals surface area contributed by atoms with Gasteiger partial charge in [0.25, 0.3) is 0 Å². The fourth-order valence-corrected chi connectivity index (χ4v) is 3.78. The van der Waals surface area contributed by atoms with Crippen LogP contribution in [0.2, 0.25) is 0 Å². The van der Waals surface area contributed by atoms with Gasteiger partial charge in [-0.15, -0.1) is 0 Å². The first-order valence-electron chi connectivity index (χ1n) is 13.7. The monoisotopic (exact) mass is 472 g/mol. The molecule has 0 aromatic heterocycles. The molecule has 0 aliphatic rings. The van der Waals surface area contributed by atoms with Crippen LogP contribution in [0.4, 0.5) is 0 Å². The van der Waals surface area contributed by atoms with Crippen LogP contribution in [-0.4, -0.2) is 47.6 Å². The molecule has 6 nitrogen and oxygen atoms in total. The lowest BCUT2D eigenvalue weighted by atomic mass is 10.0. The first kappa shape index (κ1) is 31.9. The Kier molecular flexibility index (Phi) is 23.2. The topological polar surface area (TPSA) is 93.1 Å². The Morgan fingerprint density at radius 3 is 1.36 bits per heavy atom. The van der Waals surface area contributed by atoms with Gasteiger partial charge >= 0.3 is 11.9 Å². The maximum absolute atomic E-state index is 11.7. The van der Waals surface area contributed by atoms with E-state index >= 15 is 0 Å². The van der Waals surface area contributed by atoms with Gasteiger partial charge in [-0.3, -0.25) is 4.79 Å². The lowest BCUT2D eigenvalue weighted by molar-refractivity contribution is -0.158. The van der Waals surface area contributed by atoms with Crippen LogP contribution >= 0.6 is 0 Å². The fourth-order valence-electron chi connectivity index (χ4n) is 3.78. The van der Waals surface area contributed by atoms with Gasteiger partial charge in [-0.25, -0.2) is 4.79 Å². The van der Waals surface area contributed by atoms with Gasteiger partial charge < -0.3 is 19.7 Å². The highest BCUT2D eigenvalue weighted by Gasteiger charge is 2.14. The fraction of sp³-hybridized carbons (Fsp3) is 0.926. The minimum absolute atomic E-state index is 0.203. The molecule has 0 aliphatic carbocycles. The minimum atomic E-state index is -1.23. The van der Waals surface area contributed by atoms with E-state index in [2.05, 4.69) is 11.7 Å². The van der Waals surface area contributed by atoms with E-state index < -0.39 is 18.2 Å². The molecule has 0 spiro atoms. The molecule has 2 N–H and O–H groups in total. The molecule has 0 aliphatic heterocycles. The van der Waals surface area contributed by atoms with Crippen LogP contribution in [0.1, 0.15) is 136 Å². The average molecular weight is 473 g/mol. The molecule has 0 bridgehead atoms. The van der Waals surface area contributed by atoms with Crippen LogP contribution in [0.3, 0.4) is 0 Å². The maximum atomic E-state index is 11.7. The summed E-state index contributed by atoms with van der Waals surface area (Å²) in [6, 6.07) is 0. The third kappa shape index (κ3) is 23.8. The number of esters is 2. The van der Waals surface area contributed by atoms with Crippen molar-refractivity contribution in [2.24, 2.45) is 0 Å². The molecule has 6 heteroatoms. The number of hydrogen-bond acceptors (Lipinski definition) is 6. The number of aliphatic hydroxyl groups is 2. The van der Waals surface area contributed by atoms with Gasteiger partial charge in [-0.05, 0) is 13.3 Å². The van der Waals surface area contributed by atoms with Crippen molar-refractivity contribution in [3.63, 3.8) is 0 Å². The number of carbonyl (C=O) groups excluding carboxylic acids is 2. The molecular weight excluding hydrogens is 420 g/mol. The van der Waals surface area contributed by atoms with Crippen LogP contribution in [0.5, 0.6) is 0 Å². The predicted octanol–water partition coefficient (Wildman–Crippen LogP) is 6.25. The molecule has 0 saturated heterocycles. The summed E-state index contributed by atoms with van der Waals surface area (Å²) < 4.78 is 9.65. The van der Waals surface area contributed by atoms with Crippen molar-refractivity contribution in [1.82, 2.24) is 0 Å². The first-order valence-corrected chi connectivity index (χ1v) is 13.7. The second-order valence-electron chi connectivity index (χ2n) is 9.40.